The molecule has 1 aromatic rings. The number of halogens is 1. The van der Waals surface area contributed by atoms with Crippen molar-refractivity contribution in [3.8, 4) is 0 Å². The predicted molar refractivity (Wildman–Crippen MR) is 76.5 cm³/mol. The number of benzene rings is 1. The summed E-state index contributed by atoms with van der Waals surface area (Å²) in [6.07, 6.45) is 1.18. The van der Waals surface area contributed by atoms with Crippen molar-refractivity contribution >= 4 is 38.5 Å². The van der Waals surface area contributed by atoms with Gasteiger partial charge >= 0.3 is 0 Å². The van der Waals surface area contributed by atoms with Crippen molar-refractivity contribution in [2.45, 2.75) is 25.5 Å². The van der Waals surface area contributed by atoms with Gasteiger partial charge in [-0.25, -0.2) is 0 Å². The molecule has 0 saturated carbocycles. The number of amidine groups is 1. The third-order valence-corrected chi connectivity index (χ3v) is 4.72. The lowest BCUT2D eigenvalue weighted by Crippen LogP contribution is -2.06. The van der Waals surface area contributed by atoms with Crippen LogP contribution in [0, 0.1) is 6.92 Å². The van der Waals surface area contributed by atoms with Crippen LogP contribution < -0.4 is 5.32 Å². The number of nitrogens with zero attached hydrogens (tertiary/aromatic N) is 1. The van der Waals surface area contributed by atoms with Crippen molar-refractivity contribution < 1.29 is 0 Å². The van der Waals surface area contributed by atoms with Crippen LogP contribution >= 0.6 is 27.7 Å². The molecule has 86 valence electrons. The van der Waals surface area contributed by atoms with Gasteiger partial charge < -0.3 is 5.32 Å². The maximum absolute atomic E-state index is 4.49. The van der Waals surface area contributed by atoms with E-state index in [4.69, 9.17) is 0 Å². The van der Waals surface area contributed by atoms with E-state index >= 15 is 0 Å². The van der Waals surface area contributed by atoms with Crippen molar-refractivity contribution in [3.63, 3.8) is 0 Å². The molecule has 1 aromatic carbocycles. The molecule has 1 aliphatic rings. The van der Waals surface area contributed by atoms with Gasteiger partial charge in [-0.05, 0) is 31.0 Å². The maximum Gasteiger partial charge on any atom is 0.161 e. The topological polar surface area (TPSA) is 24.4 Å². The van der Waals surface area contributed by atoms with Gasteiger partial charge in [-0.15, -0.1) is 0 Å². The number of hydrogen-bond donors (Lipinski definition) is 1. The summed E-state index contributed by atoms with van der Waals surface area (Å²) in [5, 5.41) is 5.05. The van der Waals surface area contributed by atoms with Gasteiger partial charge in [0.2, 0.25) is 0 Å². The first-order valence-corrected chi connectivity index (χ1v) is 7.10. The molecule has 1 atom stereocenters. The molecule has 2 nitrogen and oxygen atoms in total. The molecule has 1 aliphatic heterocycles. The van der Waals surface area contributed by atoms with Gasteiger partial charge in [0.1, 0.15) is 0 Å². The zero-order valence-corrected chi connectivity index (χ0v) is 11.9. The van der Waals surface area contributed by atoms with Crippen LogP contribution in [0.2, 0.25) is 0 Å². The molecule has 0 spiro atoms. The van der Waals surface area contributed by atoms with Gasteiger partial charge in [0.15, 0.2) is 5.17 Å². The number of thioether (sulfide) groups is 1. The number of hydrogen-bond acceptors (Lipinski definition) is 3. The monoisotopic (exact) mass is 298 g/mol. The Labute approximate surface area is 109 Å². The minimum atomic E-state index is 0.649. The predicted octanol–water partition coefficient (Wildman–Crippen LogP) is 4.05. The molecular formula is C12H15BrN2S. The van der Waals surface area contributed by atoms with Gasteiger partial charge in [0.05, 0.1) is 6.54 Å². The van der Waals surface area contributed by atoms with Crippen molar-refractivity contribution in [2.75, 3.05) is 11.9 Å². The summed E-state index contributed by atoms with van der Waals surface area (Å²) in [6, 6.07) is 6.28. The lowest BCUT2D eigenvalue weighted by atomic mass is 10.2. The van der Waals surface area contributed by atoms with Crippen LogP contribution in [0.15, 0.2) is 27.7 Å². The SMILES string of the molecule is CCC1CN=C(Nc2ccc(C)c(Br)c2)S1. The Morgan fingerprint density at radius 2 is 2.38 bits per heavy atom. The Balaban J connectivity index is 2.02. The fourth-order valence-electron chi connectivity index (χ4n) is 1.49. The molecule has 4 heteroatoms. The highest BCUT2D eigenvalue weighted by atomic mass is 79.9. The molecule has 0 amide bonds. The molecule has 0 bridgehead atoms. The minimum Gasteiger partial charge on any atom is -0.335 e. The highest BCUT2D eigenvalue weighted by Crippen LogP contribution is 2.26. The maximum atomic E-state index is 4.49. The van der Waals surface area contributed by atoms with E-state index in [0.29, 0.717) is 5.25 Å². The standard InChI is InChI=1S/C12H15BrN2S/c1-3-10-7-14-12(16-10)15-9-5-4-8(2)11(13)6-9/h4-6,10H,3,7H2,1-2H3,(H,14,15). The number of aryl methyl sites for hydroxylation is 1. The van der Waals surface area contributed by atoms with Crippen LogP contribution in [-0.2, 0) is 0 Å². The first-order valence-electron chi connectivity index (χ1n) is 5.43. The third-order valence-electron chi connectivity index (χ3n) is 2.60. The van der Waals surface area contributed by atoms with Crippen LogP contribution in [0.5, 0.6) is 0 Å². The smallest absolute Gasteiger partial charge is 0.161 e. The summed E-state index contributed by atoms with van der Waals surface area (Å²) >= 11 is 5.37. The van der Waals surface area contributed by atoms with Crippen LogP contribution in [0.4, 0.5) is 5.69 Å². The molecule has 1 N–H and O–H groups in total. The number of rotatable bonds is 2. The van der Waals surface area contributed by atoms with Gasteiger partial charge in [-0.1, -0.05) is 40.7 Å². The highest BCUT2D eigenvalue weighted by Gasteiger charge is 2.17. The van der Waals surface area contributed by atoms with Gasteiger partial charge in [0.25, 0.3) is 0 Å². The van der Waals surface area contributed by atoms with Crippen molar-refractivity contribution in [1.29, 1.82) is 0 Å². The number of aliphatic imine (C=N–C) groups is 1. The van der Waals surface area contributed by atoms with E-state index in [2.05, 4.69) is 58.3 Å². The van der Waals surface area contributed by atoms with E-state index in [1.54, 1.807) is 0 Å². The lowest BCUT2D eigenvalue weighted by Gasteiger charge is -2.08. The summed E-state index contributed by atoms with van der Waals surface area (Å²) in [5.41, 5.74) is 2.35. The van der Waals surface area contributed by atoms with Crippen molar-refractivity contribution in [3.05, 3.63) is 28.2 Å². The molecular weight excluding hydrogens is 284 g/mol. The average Bonchev–Trinajstić information content (AvgIpc) is 2.71. The summed E-state index contributed by atoms with van der Waals surface area (Å²) in [5.74, 6) is 0. The Bertz CT molecular complexity index is 417. The number of nitrogens with one attached hydrogen (secondary N) is 1. The largest absolute Gasteiger partial charge is 0.335 e. The summed E-state index contributed by atoms with van der Waals surface area (Å²) < 4.78 is 1.13. The first-order chi connectivity index (χ1) is 7.69. The van der Waals surface area contributed by atoms with E-state index in [-0.39, 0.29) is 0 Å². The molecule has 1 unspecified atom stereocenters. The van der Waals surface area contributed by atoms with E-state index in [1.807, 2.05) is 11.8 Å². The fourth-order valence-corrected chi connectivity index (χ4v) is 2.83. The Morgan fingerprint density at radius 1 is 1.56 bits per heavy atom. The normalized spacial score (nSPS) is 19.7. The Hall–Kier alpha value is -0.480. The second-order valence-electron chi connectivity index (χ2n) is 3.88. The van der Waals surface area contributed by atoms with Crippen LogP contribution in [0.25, 0.3) is 0 Å². The van der Waals surface area contributed by atoms with Crippen LogP contribution in [0.3, 0.4) is 0 Å². The van der Waals surface area contributed by atoms with Gasteiger partial charge in [0, 0.05) is 15.4 Å². The summed E-state index contributed by atoms with van der Waals surface area (Å²) in [6.45, 7) is 5.23. The van der Waals surface area contributed by atoms with E-state index in [0.717, 1.165) is 21.9 Å². The van der Waals surface area contributed by atoms with Crippen LogP contribution in [0.1, 0.15) is 18.9 Å². The molecule has 16 heavy (non-hydrogen) atoms. The molecule has 2 rings (SSSR count). The quantitative estimate of drug-likeness (QED) is 0.891. The van der Waals surface area contributed by atoms with Gasteiger partial charge in [-0.2, -0.15) is 0 Å². The van der Waals surface area contributed by atoms with E-state index in [9.17, 15) is 0 Å². The molecule has 0 fully saturated rings. The zero-order chi connectivity index (χ0) is 11.5. The van der Waals surface area contributed by atoms with Crippen LogP contribution in [-0.4, -0.2) is 17.0 Å². The Kier molecular flexibility index (Phi) is 3.92. The average molecular weight is 299 g/mol. The third kappa shape index (κ3) is 2.80. The molecule has 0 radical (unpaired) electrons. The first kappa shape index (κ1) is 12.0. The lowest BCUT2D eigenvalue weighted by molar-refractivity contribution is 0.843. The molecule has 0 aromatic heterocycles. The summed E-state index contributed by atoms with van der Waals surface area (Å²) in [7, 11) is 0. The van der Waals surface area contributed by atoms with E-state index in [1.165, 1.54) is 12.0 Å². The molecule has 0 aliphatic carbocycles. The fraction of sp³-hybridized carbons (Fsp3) is 0.417. The highest BCUT2D eigenvalue weighted by molar-refractivity contribution is 9.10. The minimum absolute atomic E-state index is 0.649. The number of anilines is 1. The molecule has 1 heterocycles. The van der Waals surface area contributed by atoms with Gasteiger partial charge in [-0.3, -0.25) is 4.99 Å². The second-order valence-corrected chi connectivity index (χ2v) is 6.03. The van der Waals surface area contributed by atoms with Crippen molar-refractivity contribution in [2.24, 2.45) is 4.99 Å². The summed E-state index contributed by atoms with van der Waals surface area (Å²) in [4.78, 5) is 4.49. The van der Waals surface area contributed by atoms with Crippen molar-refractivity contribution in [1.82, 2.24) is 0 Å². The van der Waals surface area contributed by atoms with E-state index < -0.39 is 0 Å². The second kappa shape index (κ2) is 5.23. The molecule has 0 saturated heterocycles. The Morgan fingerprint density at radius 3 is 3.00 bits per heavy atom. The zero-order valence-electron chi connectivity index (χ0n) is 9.46.